The normalized spacial score (nSPS) is 19.9. The highest BCUT2D eigenvalue weighted by Crippen LogP contribution is 2.81. The van der Waals surface area contributed by atoms with Gasteiger partial charge in [0.05, 0.1) is 33.4 Å². The van der Waals surface area contributed by atoms with E-state index in [1.807, 2.05) is 110 Å². The zero-order valence-corrected chi connectivity index (χ0v) is 93.0. The van der Waals surface area contributed by atoms with E-state index in [-0.39, 0.29) is 38.9 Å². The summed E-state index contributed by atoms with van der Waals surface area (Å²) >= 11 is 0. The lowest BCUT2D eigenvalue weighted by Gasteiger charge is -2.64. The van der Waals surface area contributed by atoms with Gasteiger partial charge in [0.2, 0.25) is 0 Å². The van der Waals surface area contributed by atoms with Crippen molar-refractivity contribution >= 4 is 87.8 Å². The van der Waals surface area contributed by atoms with Gasteiger partial charge in [-0.05, 0) is 257 Å². The van der Waals surface area contributed by atoms with Crippen molar-refractivity contribution in [2.45, 2.75) is 347 Å². The Kier molecular flexibility index (Phi) is 30.9. The number of ether oxygens (including phenoxy) is 3. The molecule has 0 radical (unpaired) electrons. The van der Waals surface area contributed by atoms with Gasteiger partial charge < -0.3 is 14.2 Å². The minimum absolute atomic E-state index is 0.0767. The van der Waals surface area contributed by atoms with Crippen molar-refractivity contribution in [2.24, 2.45) is 32.5 Å². The number of hydroxylamine groups is 3. The number of carbonyl (C=O) groups is 3. The van der Waals surface area contributed by atoms with E-state index in [2.05, 4.69) is 213 Å². The van der Waals surface area contributed by atoms with Crippen molar-refractivity contribution in [3.63, 3.8) is 0 Å². The van der Waals surface area contributed by atoms with Gasteiger partial charge in [-0.25, -0.2) is 60.8 Å². The molecular formula is C114H150N9O19PS3. The first kappa shape index (κ1) is 111. The third kappa shape index (κ3) is 21.7. The first-order valence-corrected chi connectivity index (χ1v) is 58.5. The minimum Gasteiger partial charge on any atom is -0.350 e. The van der Waals surface area contributed by atoms with E-state index in [0.717, 1.165) is 124 Å². The molecule has 3 aliphatic heterocycles. The van der Waals surface area contributed by atoms with Crippen LogP contribution in [0.1, 0.15) is 311 Å². The number of sulfone groups is 3. The molecule has 3 saturated heterocycles. The largest absolute Gasteiger partial charge is 0.476 e. The fourth-order valence-corrected chi connectivity index (χ4v) is 30.4. The van der Waals surface area contributed by atoms with Gasteiger partial charge in [-0.15, -0.1) is 0 Å². The number of carbonyl (C=O) groups excluding carboxylic acids is 3. The Labute approximate surface area is 863 Å². The number of hydrogen-bond acceptors (Lipinski definition) is 22. The molecule has 3 N–H and O–H groups in total. The molecule has 32 heteroatoms. The number of aryl methyl sites for hydroxylation is 3. The van der Waals surface area contributed by atoms with Gasteiger partial charge in [0.15, 0.2) is 62.6 Å². The van der Waals surface area contributed by atoms with Crippen LogP contribution in [0, 0.1) is 68.0 Å². The summed E-state index contributed by atoms with van der Waals surface area (Å²) in [5, 5.41) is 16.6. The van der Waals surface area contributed by atoms with E-state index in [1.54, 1.807) is 14.0 Å². The Bertz CT molecular complexity index is 6280. The molecule has 6 atom stereocenters. The lowest BCUT2D eigenvalue weighted by molar-refractivity contribution is -0.225. The van der Waals surface area contributed by atoms with Gasteiger partial charge in [0, 0.05) is 162 Å². The van der Waals surface area contributed by atoms with Gasteiger partial charge >= 0.3 is 7.82 Å². The fourth-order valence-electron chi connectivity index (χ4n) is 24.6. The highest BCUT2D eigenvalue weighted by molar-refractivity contribution is 7.93. The van der Waals surface area contributed by atoms with Crippen LogP contribution >= 0.6 is 7.82 Å². The number of benzene rings is 6. The molecule has 6 aromatic carbocycles. The van der Waals surface area contributed by atoms with Gasteiger partial charge in [-0.2, -0.15) is 15.3 Å². The molecule has 3 aromatic heterocycles. The summed E-state index contributed by atoms with van der Waals surface area (Å²) in [6.45, 7) is 45.7. The highest BCUT2D eigenvalue weighted by atomic mass is 32.2. The van der Waals surface area contributed by atoms with Crippen molar-refractivity contribution in [2.75, 3.05) is 38.6 Å². The average molecular weight is 2080 g/mol. The Hall–Kier alpha value is -9.46. The highest BCUT2D eigenvalue weighted by Gasteiger charge is 2.79. The number of aromatic nitrogens is 6. The van der Waals surface area contributed by atoms with Crippen molar-refractivity contribution < 1.29 is 86.5 Å². The molecule has 6 heterocycles. The van der Waals surface area contributed by atoms with Gasteiger partial charge in [0.1, 0.15) is 0 Å². The summed E-state index contributed by atoms with van der Waals surface area (Å²) in [4.78, 5) is 57.5. The van der Waals surface area contributed by atoms with Crippen LogP contribution in [0.4, 0.5) is 0 Å². The summed E-state index contributed by atoms with van der Waals surface area (Å²) in [6, 6.07) is 42.4. The number of phosphoric ester groups is 1. The number of hydrogen-bond donors (Lipinski definition) is 3. The molecule has 3 amide bonds. The Morgan fingerprint density at radius 1 is 0.349 bits per heavy atom. The molecule has 3 saturated carbocycles. The molecule has 0 bridgehead atoms. The van der Waals surface area contributed by atoms with Crippen LogP contribution in [-0.4, -0.2) is 161 Å². The first-order chi connectivity index (χ1) is 68.0. The van der Waals surface area contributed by atoms with Gasteiger partial charge in [-0.1, -0.05) is 197 Å². The van der Waals surface area contributed by atoms with E-state index in [4.69, 9.17) is 57.6 Å². The molecular weight excluding hydrogens is 1930 g/mol. The predicted molar refractivity (Wildman–Crippen MR) is 567 cm³/mol. The van der Waals surface area contributed by atoms with Crippen molar-refractivity contribution in [1.82, 2.24) is 45.8 Å². The van der Waals surface area contributed by atoms with Crippen molar-refractivity contribution in [3.05, 3.63) is 196 Å². The van der Waals surface area contributed by atoms with E-state index in [9.17, 15) is 39.6 Å². The summed E-state index contributed by atoms with van der Waals surface area (Å²) in [5.41, 5.74) is 5.11. The second-order valence-corrected chi connectivity index (χ2v) is 57.1. The molecule has 3 aliphatic carbocycles. The number of fused-ring (bicyclic) bond motifs is 3. The van der Waals surface area contributed by atoms with E-state index < -0.39 is 154 Å². The smallest absolute Gasteiger partial charge is 0.350 e. The SMILES string of the molecule is CC(C)(C)C(OP(=O)(OC(C(C)(C)C)(C(C)(C)C)C1(c2ccc(C#Cc3ccc4nn(CC[C@](C)(C(=O)NO[C@@H]5CCCCO5)S(C)(=O)=O)cc4c3)cc2)CC1)OC(C(C)(C)C)(C(C)(C)C)C1(c2ccc(C#Cc3ccc4nn(CC[C@](C)(C(=O)NO[C@@H]5CCCCO5)S(C)(=O)=O)cc4c3)cc2)CC1)(C(C)(C)C)C1(c2ccc(C#Cc3ccc4nn(CC[C@](C)(C(=O)NO[C@@H]5CCCCO5)S(C)(=O)=O)cc4c3)cc2)CC1. The summed E-state index contributed by atoms with van der Waals surface area (Å²) < 4.78 is 141. The maximum absolute atomic E-state index is 19.5. The third-order valence-corrected chi connectivity index (χ3v) is 39.6. The van der Waals surface area contributed by atoms with Crippen LogP contribution in [-0.2, 0) is 127 Å². The standard InChI is InChI=1S/C114H150N9O19PS3/c1-100(2,3)112(101(4,5)6,109(58-59-109)88-49-40-79(41-50-88)34-37-82-46-55-91-85(73-82)76-121(115-91)67-64-106(19,144(22,128)129)97(124)118-137-94-31-25-28-70-134-94)140-143(127,141-113(102(7,8)9,103(10,11)12)110(60-61-110)89-51-42-80(43-52-89)35-38-83-47-56-92-86(74-83)77-122(116-92)68-65-107(20,145(23,130)131)98(125)119-138-95-32-26-29-71-135-95)142-114(104(13,14)15,105(16,17)18)111(62-63-111)90-53-44-81(45-54-90)36-39-84-48-57-93-87(75-84)78-123(117-93)69-66-108(21,146(24,132)133)99(126)120-139-96-33-27-30-72-136-96/h40-57,73-78,94-96H,25-33,58-72H2,1-24H3,(H,118,124)(H,119,125)(H,120,126)/t94-,95-,96-,106-,107-,108-/m1/s1. The molecule has 9 aromatic rings. The van der Waals surface area contributed by atoms with Crippen LogP contribution in [0.5, 0.6) is 0 Å². The molecule has 28 nitrogen and oxygen atoms in total. The zero-order chi connectivity index (χ0) is 106. The topological polar surface area (TPSA) is 343 Å². The fraction of sp³-hybridized carbons (Fsp3) is 0.579. The third-order valence-electron chi connectivity index (χ3n) is 32.0. The number of amides is 3. The van der Waals surface area contributed by atoms with Crippen LogP contribution < -0.4 is 16.4 Å². The van der Waals surface area contributed by atoms with Crippen molar-refractivity contribution in [1.29, 1.82) is 0 Å². The maximum atomic E-state index is 19.5. The number of nitrogens with one attached hydrogen (secondary N) is 3. The Balaban J connectivity index is 0.762. The molecule has 0 spiro atoms. The number of rotatable bonds is 33. The first-order valence-electron chi connectivity index (χ1n) is 51.4. The Morgan fingerprint density at radius 3 is 0.767 bits per heavy atom. The summed E-state index contributed by atoms with van der Waals surface area (Å²) in [6.07, 6.45) is 17.4. The van der Waals surface area contributed by atoms with Crippen molar-refractivity contribution in [3.8, 4) is 35.5 Å². The Morgan fingerprint density at radius 2 is 0.568 bits per heavy atom. The lowest BCUT2D eigenvalue weighted by Crippen LogP contribution is -2.67. The summed E-state index contributed by atoms with van der Waals surface area (Å²) in [5.74, 6) is 18.2. The minimum atomic E-state index is -5.23. The maximum Gasteiger partial charge on any atom is 0.476 e. The monoisotopic (exact) mass is 2080 g/mol. The van der Waals surface area contributed by atoms with Crippen LogP contribution in [0.15, 0.2) is 146 Å². The molecule has 15 rings (SSSR count). The number of phosphoric acid groups is 1. The second kappa shape index (κ2) is 40.7. The molecule has 0 unspecified atom stereocenters. The predicted octanol–water partition coefficient (Wildman–Crippen LogP) is 20.4. The zero-order valence-electron chi connectivity index (χ0n) is 89.7. The van der Waals surface area contributed by atoms with E-state index in [0.29, 0.717) is 94.2 Å². The number of nitrogens with zero attached hydrogens (tertiary/aromatic N) is 6. The quantitative estimate of drug-likeness (QED) is 0.0195. The van der Waals surface area contributed by atoms with Crippen LogP contribution in [0.25, 0.3) is 32.7 Å². The van der Waals surface area contributed by atoms with Crippen LogP contribution in [0.3, 0.4) is 0 Å². The van der Waals surface area contributed by atoms with Gasteiger partial charge in [-0.3, -0.25) is 42.0 Å². The summed E-state index contributed by atoms with van der Waals surface area (Å²) in [7, 11) is -17.0. The van der Waals surface area contributed by atoms with E-state index >= 15 is 4.57 Å². The second-order valence-electron chi connectivity index (χ2n) is 48.3. The van der Waals surface area contributed by atoms with E-state index in [1.165, 1.54) is 20.8 Å². The van der Waals surface area contributed by atoms with Crippen LogP contribution in [0.2, 0.25) is 0 Å². The van der Waals surface area contributed by atoms with Gasteiger partial charge in [0.25, 0.3) is 17.7 Å². The molecule has 6 aliphatic rings. The molecule has 6 fully saturated rings. The molecule has 146 heavy (non-hydrogen) atoms. The average Bonchev–Trinajstić information content (AvgIpc) is 1.49. The molecule has 788 valence electrons. The lowest BCUT2D eigenvalue weighted by atomic mass is 9.54.